The van der Waals surface area contributed by atoms with Gasteiger partial charge in [-0.15, -0.1) is 12.4 Å². The molecule has 0 N–H and O–H groups in total. The van der Waals surface area contributed by atoms with Crippen molar-refractivity contribution < 1.29 is 4.79 Å². The van der Waals surface area contributed by atoms with Gasteiger partial charge in [0.25, 0.3) is 0 Å². The molecule has 88 valence electrons. The van der Waals surface area contributed by atoms with Crippen LogP contribution in [0.15, 0.2) is 30.3 Å². The number of rotatable bonds is 2. The van der Waals surface area contributed by atoms with Crippen molar-refractivity contribution in [3.8, 4) is 0 Å². The molecule has 0 aromatic heterocycles. The SMILES string of the molecule is CCC(=O)N1CCCC1c1ccccc1.Cl. The lowest BCUT2D eigenvalue weighted by atomic mass is 10.0. The fourth-order valence-electron chi connectivity index (χ4n) is 2.29. The average Bonchev–Trinajstić information content (AvgIpc) is 2.78. The van der Waals surface area contributed by atoms with Crippen LogP contribution in [0.3, 0.4) is 0 Å². The monoisotopic (exact) mass is 239 g/mol. The van der Waals surface area contributed by atoms with Gasteiger partial charge in [0, 0.05) is 13.0 Å². The molecule has 0 saturated carbocycles. The molecular weight excluding hydrogens is 222 g/mol. The number of carbonyl (C=O) groups excluding carboxylic acids is 1. The molecule has 1 saturated heterocycles. The molecule has 2 rings (SSSR count). The molecule has 1 unspecified atom stereocenters. The highest BCUT2D eigenvalue weighted by Crippen LogP contribution is 2.31. The second-order valence-electron chi connectivity index (χ2n) is 4.01. The van der Waals surface area contributed by atoms with Crippen molar-refractivity contribution in [3.05, 3.63) is 35.9 Å². The average molecular weight is 240 g/mol. The van der Waals surface area contributed by atoms with Crippen LogP contribution < -0.4 is 0 Å². The number of benzene rings is 1. The number of halogens is 1. The van der Waals surface area contributed by atoms with Gasteiger partial charge in [-0.1, -0.05) is 37.3 Å². The van der Waals surface area contributed by atoms with Gasteiger partial charge in [0.2, 0.25) is 5.91 Å². The maximum atomic E-state index is 11.7. The van der Waals surface area contributed by atoms with E-state index in [4.69, 9.17) is 0 Å². The summed E-state index contributed by atoms with van der Waals surface area (Å²) >= 11 is 0. The number of nitrogens with zero attached hydrogens (tertiary/aromatic N) is 1. The topological polar surface area (TPSA) is 20.3 Å². The molecule has 0 aliphatic carbocycles. The molecule has 1 aliphatic heterocycles. The third-order valence-corrected chi connectivity index (χ3v) is 3.06. The summed E-state index contributed by atoms with van der Waals surface area (Å²) in [6, 6.07) is 10.7. The molecule has 1 atom stereocenters. The van der Waals surface area contributed by atoms with E-state index in [1.54, 1.807) is 0 Å². The fourth-order valence-corrected chi connectivity index (χ4v) is 2.29. The molecule has 0 radical (unpaired) electrons. The Labute approximate surface area is 103 Å². The molecule has 0 spiro atoms. The standard InChI is InChI=1S/C13H17NO.ClH/c1-2-13(15)14-10-6-9-12(14)11-7-4-3-5-8-11;/h3-5,7-8,12H,2,6,9-10H2,1H3;1H. The van der Waals surface area contributed by atoms with E-state index in [0.717, 1.165) is 19.4 Å². The summed E-state index contributed by atoms with van der Waals surface area (Å²) in [5.41, 5.74) is 1.27. The van der Waals surface area contributed by atoms with E-state index in [0.29, 0.717) is 12.5 Å². The van der Waals surface area contributed by atoms with Crippen LogP contribution in [-0.4, -0.2) is 17.4 Å². The van der Waals surface area contributed by atoms with E-state index in [1.165, 1.54) is 5.56 Å². The van der Waals surface area contributed by atoms with Crippen molar-refractivity contribution >= 4 is 18.3 Å². The summed E-state index contributed by atoms with van der Waals surface area (Å²) in [5, 5.41) is 0. The summed E-state index contributed by atoms with van der Waals surface area (Å²) in [5.74, 6) is 0.279. The molecule has 1 aliphatic rings. The smallest absolute Gasteiger partial charge is 0.222 e. The highest BCUT2D eigenvalue weighted by atomic mass is 35.5. The third-order valence-electron chi connectivity index (χ3n) is 3.06. The predicted octanol–water partition coefficient (Wildman–Crippen LogP) is 3.18. The number of hydrogen-bond donors (Lipinski definition) is 0. The Bertz CT molecular complexity index is 339. The Morgan fingerprint density at radius 1 is 1.38 bits per heavy atom. The van der Waals surface area contributed by atoms with Crippen LogP contribution >= 0.6 is 12.4 Å². The first-order chi connectivity index (χ1) is 7.33. The van der Waals surface area contributed by atoms with Crippen LogP contribution in [0.2, 0.25) is 0 Å². The van der Waals surface area contributed by atoms with Gasteiger partial charge < -0.3 is 4.90 Å². The maximum absolute atomic E-state index is 11.7. The zero-order valence-corrected chi connectivity index (χ0v) is 10.4. The number of amides is 1. The lowest BCUT2D eigenvalue weighted by molar-refractivity contribution is -0.131. The van der Waals surface area contributed by atoms with Crippen molar-refractivity contribution in [2.75, 3.05) is 6.54 Å². The number of carbonyl (C=O) groups is 1. The molecule has 1 aromatic rings. The van der Waals surface area contributed by atoms with Gasteiger partial charge in [0.15, 0.2) is 0 Å². The zero-order valence-electron chi connectivity index (χ0n) is 9.56. The van der Waals surface area contributed by atoms with Gasteiger partial charge >= 0.3 is 0 Å². The third kappa shape index (κ3) is 2.56. The molecule has 2 nitrogen and oxygen atoms in total. The fraction of sp³-hybridized carbons (Fsp3) is 0.462. The molecule has 16 heavy (non-hydrogen) atoms. The van der Waals surface area contributed by atoms with Gasteiger partial charge in [-0.05, 0) is 18.4 Å². The van der Waals surface area contributed by atoms with Crippen LogP contribution in [0.5, 0.6) is 0 Å². The lowest BCUT2D eigenvalue weighted by Crippen LogP contribution is -2.29. The molecule has 3 heteroatoms. The zero-order chi connectivity index (χ0) is 10.7. The van der Waals surface area contributed by atoms with Crippen LogP contribution in [0, 0.1) is 0 Å². The largest absolute Gasteiger partial charge is 0.336 e. The quantitative estimate of drug-likeness (QED) is 0.776. The van der Waals surface area contributed by atoms with Gasteiger partial charge in [0.1, 0.15) is 0 Å². The lowest BCUT2D eigenvalue weighted by Gasteiger charge is -2.24. The maximum Gasteiger partial charge on any atom is 0.222 e. The summed E-state index contributed by atoms with van der Waals surface area (Å²) < 4.78 is 0. The molecule has 1 heterocycles. The van der Waals surface area contributed by atoms with Crippen LogP contribution in [0.25, 0.3) is 0 Å². The van der Waals surface area contributed by atoms with Crippen molar-refractivity contribution in [2.45, 2.75) is 32.2 Å². The predicted molar refractivity (Wildman–Crippen MR) is 67.7 cm³/mol. The van der Waals surface area contributed by atoms with Gasteiger partial charge in [-0.25, -0.2) is 0 Å². The minimum atomic E-state index is 0. The van der Waals surface area contributed by atoms with Crippen molar-refractivity contribution in [1.82, 2.24) is 4.90 Å². The molecule has 1 aromatic carbocycles. The van der Waals surface area contributed by atoms with Gasteiger partial charge in [-0.3, -0.25) is 4.79 Å². The first kappa shape index (κ1) is 13.0. The molecule has 1 fully saturated rings. The van der Waals surface area contributed by atoms with Crippen molar-refractivity contribution in [2.24, 2.45) is 0 Å². The van der Waals surface area contributed by atoms with Gasteiger partial charge in [0.05, 0.1) is 6.04 Å². The minimum Gasteiger partial charge on any atom is -0.336 e. The highest BCUT2D eigenvalue weighted by Gasteiger charge is 2.28. The number of hydrogen-bond acceptors (Lipinski definition) is 1. The second kappa shape index (κ2) is 5.90. The van der Waals surface area contributed by atoms with E-state index >= 15 is 0 Å². The van der Waals surface area contributed by atoms with Crippen molar-refractivity contribution in [3.63, 3.8) is 0 Å². The second-order valence-corrected chi connectivity index (χ2v) is 4.01. The highest BCUT2D eigenvalue weighted by molar-refractivity contribution is 5.85. The van der Waals surface area contributed by atoms with E-state index in [2.05, 4.69) is 12.1 Å². The van der Waals surface area contributed by atoms with Gasteiger partial charge in [-0.2, -0.15) is 0 Å². The normalized spacial score (nSPS) is 19.3. The Morgan fingerprint density at radius 2 is 2.06 bits per heavy atom. The summed E-state index contributed by atoms with van der Waals surface area (Å²) in [7, 11) is 0. The molecule has 1 amide bonds. The number of likely N-dealkylation sites (tertiary alicyclic amines) is 1. The van der Waals surface area contributed by atoms with E-state index in [1.807, 2.05) is 30.0 Å². The molecular formula is C13H18ClNO. The van der Waals surface area contributed by atoms with Crippen LogP contribution in [-0.2, 0) is 4.79 Å². The van der Waals surface area contributed by atoms with E-state index in [-0.39, 0.29) is 18.3 Å². The summed E-state index contributed by atoms with van der Waals surface area (Å²) in [6.07, 6.45) is 2.85. The Balaban J connectivity index is 0.00000128. The van der Waals surface area contributed by atoms with Crippen LogP contribution in [0.1, 0.15) is 37.8 Å². The first-order valence-electron chi connectivity index (χ1n) is 5.67. The van der Waals surface area contributed by atoms with Crippen LogP contribution in [0.4, 0.5) is 0 Å². The van der Waals surface area contributed by atoms with E-state index < -0.39 is 0 Å². The summed E-state index contributed by atoms with van der Waals surface area (Å²) in [4.78, 5) is 13.7. The minimum absolute atomic E-state index is 0. The Morgan fingerprint density at radius 3 is 2.69 bits per heavy atom. The van der Waals surface area contributed by atoms with Crippen molar-refractivity contribution in [1.29, 1.82) is 0 Å². The molecule has 0 bridgehead atoms. The summed E-state index contributed by atoms with van der Waals surface area (Å²) in [6.45, 7) is 2.86. The first-order valence-corrected chi connectivity index (χ1v) is 5.67. The Kier molecular flexibility index (Phi) is 4.81. The Hall–Kier alpha value is -1.02. The van der Waals surface area contributed by atoms with E-state index in [9.17, 15) is 4.79 Å².